The number of H-pyrrole nitrogens is 1. The Morgan fingerprint density at radius 1 is 1.41 bits per heavy atom. The summed E-state index contributed by atoms with van der Waals surface area (Å²) in [5.41, 5.74) is 0.904. The van der Waals surface area contributed by atoms with Gasteiger partial charge in [0.2, 0.25) is 5.91 Å². The lowest BCUT2D eigenvalue weighted by atomic mass is 9.98. The van der Waals surface area contributed by atoms with E-state index >= 15 is 0 Å². The lowest BCUT2D eigenvalue weighted by Crippen LogP contribution is -2.41. The minimum Gasteiger partial charge on any atom is -0.335 e. The van der Waals surface area contributed by atoms with Crippen molar-refractivity contribution in [3.8, 4) is 0 Å². The van der Waals surface area contributed by atoms with Crippen LogP contribution in [0.2, 0.25) is 0 Å². The first-order chi connectivity index (χ1) is 12.9. The third-order valence-electron chi connectivity index (χ3n) is 4.60. The van der Waals surface area contributed by atoms with Gasteiger partial charge in [-0.05, 0) is 37.7 Å². The van der Waals surface area contributed by atoms with E-state index in [-0.39, 0.29) is 17.4 Å². The number of nitrogens with one attached hydrogen (secondary N) is 3. The minimum absolute atomic E-state index is 0.0105. The number of amides is 3. The molecule has 27 heavy (non-hydrogen) atoms. The maximum Gasteiger partial charge on any atom is 0.321 e. The summed E-state index contributed by atoms with van der Waals surface area (Å²) in [6, 6.07) is -0.277. The zero-order valence-corrected chi connectivity index (χ0v) is 17.3. The number of hydrogen-bond acceptors (Lipinski definition) is 6. The molecular formula is C18H24N4O3S2. The maximum absolute atomic E-state index is 12.6. The first kappa shape index (κ1) is 19.9. The number of rotatable bonds is 7. The van der Waals surface area contributed by atoms with Gasteiger partial charge in [0.1, 0.15) is 4.83 Å². The van der Waals surface area contributed by atoms with E-state index in [9.17, 15) is 14.4 Å². The highest BCUT2D eigenvalue weighted by molar-refractivity contribution is 7.99. The number of hydrogen-bond donors (Lipinski definition) is 3. The van der Waals surface area contributed by atoms with E-state index in [1.54, 1.807) is 0 Å². The minimum atomic E-state index is -0.469. The van der Waals surface area contributed by atoms with Gasteiger partial charge in [0.05, 0.1) is 11.1 Å². The molecule has 0 aliphatic heterocycles. The fourth-order valence-corrected chi connectivity index (χ4v) is 4.48. The van der Waals surface area contributed by atoms with Gasteiger partial charge in [0.25, 0.3) is 5.56 Å². The van der Waals surface area contributed by atoms with Crippen LogP contribution in [-0.2, 0) is 11.2 Å². The van der Waals surface area contributed by atoms with Crippen molar-refractivity contribution in [2.75, 3.05) is 5.75 Å². The van der Waals surface area contributed by atoms with Gasteiger partial charge >= 0.3 is 6.03 Å². The highest BCUT2D eigenvalue weighted by atomic mass is 32.2. The molecular weight excluding hydrogens is 384 g/mol. The van der Waals surface area contributed by atoms with Crippen LogP contribution in [0.1, 0.15) is 43.6 Å². The molecule has 1 saturated carbocycles. The first-order valence-corrected chi connectivity index (χ1v) is 10.9. The lowest BCUT2D eigenvalue weighted by molar-refractivity contribution is -0.117. The smallest absolute Gasteiger partial charge is 0.321 e. The molecule has 2 aromatic heterocycles. The van der Waals surface area contributed by atoms with Crippen molar-refractivity contribution in [2.45, 2.75) is 57.7 Å². The highest BCUT2D eigenvalue weighted by Gasteiger charge is 2.24. The van der Waals surface area contributed by atoms with Crippen LogP contribution in [-0.4, -0.2) is 33.7 Å². The van der Waals surface area contributed by atoms with Gasteiger partial charge in [0.15, 0.2) is 5.16 Å². The number of thioether (sulfide) groups is 1. The second kappa shape index (κ2) is 8.43. The molecule has 1 aliphatic carbocycles. The Bertz CT molecular complexity index is 917. The van der Waals surface area contributed by atoms with Gasteiger partial charge in [-0.3, -0.25) is 14.9 Å². The van der Waals surface area contributed by atoms with E-state index in [1.807, 2.05) is 6.92 Å². The number of fused-ring (bicyclic) bond motifs is 1. The summed E-state index contributed by atoms with van der Waals surface area (Å²) in [6.45, 7) is 6.33. The number of aromatic amines is 1. The summed E-state index contributed by atoms with van der Waals surface area (Å²) < 4.78 is 0. The Kier molecular flexibility index (Phi) is 6.21. The van der Waals surface area contributed by atoms with Crippen molar-refractivity contribution in [1.82, 2.24) is 20.6 Å². The van der Waals surface area contributed by atoms with E-state index in [0.717, 1.165) is 47.9 Å². The third kappa shape index (κ3) is 5.10. The summed E-state index contributed by atoms with van der Waals surface area (Å²) in [7, 11) is 0. The van der Waals surface area contributed by atoms with Crippen molar-refractivity contribution >= 4 is 45.3 Å². The van der Waals surface area contributed by atoms with Crippen LogP contribution in [0.4, 0.5) is 4.79 Å². The van der Waals surface area contributed by atoms with Crippen LogP contribution in [0.25, 0.3) is 10.2 Å². The molecule has 0 bridgehead atoms. The van der Waals surface area contributed by atoms with Crippen molar-refractivity contribution in [3.05, 3.63) is 20.8 Å². The van der Waals surface area contributed by atoms with Gasteiger partial charge in [-0.1, -0.05) is 32.0 Å². The normalized spacial score (nSPS) is 14.9. The van der Waals surface area contributed by atoms with Crippen LogP contribution < -0.4 is 16.2 Å². The Morgan fingerprint density at radius 2 is 2.15 bits per heavy atom. The summed E-state index contributed by atoms with van der Waals surface area (Å²) in [5.74, 6) is 0.0949. The van der Waals surface area contributed by atoms with Crippen molar-refractivity contribution < 1.29 is 9.59 Å². The van der Waals surface area contributed by atoms with Crippen LogP contribution in [0.5, 0.6) is 0 Å². The molecule has 0 radical (unpaired) electrons. The standard InChI is InChI=1S/C18H24N4O3S2/c1-4-9(2)7-12-10(3)27-16-14(12)15(24)21-18(22-16)26-8-13(23)20-17(25)19-11-5-6-11/h9,11H,4-8H2,1-3H3,(H,21,22,24)(H2,19,20,23,25)/t9-/m0/s1. The molecule has 0 unspecified atom stereocenters. The molecule has 3 rings (SSSR count). The Morgan fingerprint density at radius 3 is 2.81 bits per heavy atom. The SMILES string of the molecule is CC[C@H](C)Cc1c(C)sc2nc(SCC(=O)NC(=O)NC3CC3)[nH]c(=O)c12. The van der Waals surface area contributed by atoms with Gasteiger partial charge in [-0.15, -0.1) is 11.3 Å². The molecule has 3 amide bonds. The van der Waals surface area contributed by atoms with E-state index in [4.69, 9.17) is 0 Å². The summed E-state index contributed by atoms with van der Waals surface area (Å²) in [5, 5.41) is 6.03. The number of aromatic nitrogens is 2. The quantitative estimate of drug-likeness (QED) is 0.483. The average molecular weight is 409 g/mol. The van der Waals surface area contributed by atoms with E-state index in [2.05, 4.69) is 34.4 Å². The molecule has 0 aromatic carbocycles. The van der Waals surface area contributed by atoms with Crippen LogP contribution in [0.3, 0.4) is 0 Å². The Balaban J connectivity index is 1.68. The molecule has 146 valence electrons. The fourth-order valence-electron chi connectivity index (χ4n) is 2.71. The molecule has 1 fully saturated rings. The predicted octanol–water partition coefficient (Wildman–Crippen LogP) is 2.96. The van der Waals surface area contributed by atoms with E-state index in [0.29, 0.717) is 21.3 Å². The average Bonchev–Trinajstić information content (AvgIpc) is 3.36. The number of imide groups is 1. The Labute approximate surface area is 165 Å². The number of urea groups is 1. The van der Waals surface area contributed by atoms with E-state index < -0.39 is 11.9 Å². The van der Waals surface area contributed by atoms with Crippen LogP contribution in [0, 0.1) is 12.8 Å². The Hall–Kier alpha value is -1.87. The van der Waals surface area contributed by atoms with Gasteiger partial charge in [0, 0.05) is 10.9 Å². The second-order valence-corrected chi connectivity index (χ2v) is 9.16. The largest absolute Gasteiger partial charge is 0.335 e. The van der Waals surface area contributed by atoms with Gasteiger partial charge in [-0.25, -0.2) is 9.78 Å². The maximum atomic E-state index is 12.6. The second-order valence-electron chi connectivity index (χ2n) is 6.99. The summed E-state index contributed by atoms with van der Waals surface area (Å²) in [6.07, 6.45) is 3.83. The number of carbonyl (C=O) groups excluding carboxylic acids is 2. The van der Waals surface area contributed by atoms with Crippen molar-refractivity contribution in [1.29, 1.82) is 0 Å². The third-order valence-corrected chi connectivity index (χ3v) is 6.51. The summed E-state index contributed by atoms with van der Waals surface area (Å²) >= 11 is 2.62. The molecule has 2 heterocycles. The van der Waals surface area contributed by atoms with E-state index in [1.165, 1.54) is 11.3 Å². The molecule has 0 saturated heterocycles. The number of aryl methyl sites for hydroxylation is 1. The predicted molar refractivity (Wildman–Crippen MR) is 109 cm³/mol. The first-order valence-electron chi connectivity index (χ1n) is 9.12. The highest BCUT2D eigenvalue weighted by Crippen LogP contribution is 2.30. The monoisotopic (exact) mass is 408 g/mol. The topological polar surface area (TPSA) is 104 Å². The summed E-state index contributed by atoms with van der Waals surface area (Å²) in [4.78, 5) is 45.1. The van der Waals surface area contributed by atoms with Gasteiger partial charge in [-0.2, -0.15) is 0 Å². The molecule has 1 atom stereocenters. The molecule has 2 aromatic rings. The number of carbonyl (C=O) groups is 2. The zero-order chi connectivity index (χ0) is 19.6. The van der Waals surface area contributed by atoms with Gasteiger partial charge < -0.3 is 10.3 Å². The van der Waals surface area contributed by atoms with Crippen LogP contribution in [0.15, 0.2) is 9.95 Å². The van der Waals surface area contributed by atoms with Crippen LogP contribution >= 0.6 is 23.1 Å². The molecule has 9 heteroatoms. The molecule has 0 spiro atoms. The van der Waals surface area contributed by atoms with Crippen molar-refractivity contribution in [3.63, 3.8) is 0 Å². The lowest BCUT2D eigenvalue weighted by Gasteiger charge is -2.08. The zero-order valence-electron chi connectivity index (χ0n) is 15.7. The number of nitrogens with zero attached hydrogens (tertiary/aromatic N) is 1. The molecule has 7 nitrogen and oxygen atoms in total. The fraction of sp³-hybridized carbons (Fsp3) is 0.556. The van der Waals surface area contributed by atoms with Crippen molar-refractivity contribution in [2.24, 2.45) is 5.92 Å². The molecule has 1 aliphatic rings. The molecule has 3 N–H and O–H groups in total. The number of thiophene rings is 1.